The summed E-state index contributed by atoms with van der Waals surface area (Å²) in [6, 6.07) is 0.461. The molecule has 0 unspecified atom stereocenters. The Balaban J connectivity index is 2.37. The van der Waals surface area contributed by atoms with Gasteiger partial charge in [-0.05, 0) is 76.3 Å². The molecular formula is C55H108N2O6. The van der Waals surface area contributed by atoms with Crippen LogP contribution in [0.4, 0.5) is 0 Å². The molecule has 63 heavy (non-hydrogen) atoms. The monoisotopic (exact) mass is 893 g/mol. The Labute approximate surface area is 391 Å². The summed E-state index contributed by atoms with van der Waals surface area (Å²) < 4.78 is 17.3. The van der Waals surface area contributed by atoms with Crippen LogP contribution in [0.2, 0.25) is 0 Å². The number of unbranched alkanes of at least 4 members (excludes halogenated alkanes) is 24. The summed E-state index contributed by atoms with van der Waals surface area (Å²) in [7, 11) is 0. The zero-order chi connectivity index (χ0) is 45.7. The lowest BCUT2D eigenvalue weighted by molar-refractivity contribution is -0.146. The molecule has 1 aliphatic heterocycles. The van der Waals surface area contributed by atoms with Gasteiger partial charge in [-0.25, -0.2) is 0 Å². The van der Waals surface area contributed by atoms with Crippen LogP contribution in [-0.2, 0) is 23.8 Å². The molecule has 0 atom stereocenters. The van der Waals surface area contributed by atoms with Crippen LogP contribution in [0.15, 0.2) is 0 Å². The van der Waals surface area contributed by atoms with Crippen LogP contribution in [0, 0.1) is 11.8 Å². The lowest BCUT2D eigenvalue weighted by Gasteiger charge is -2.38. The van der Waals surface area contributed by atoms with Crippen LogP contribution in [0.1, 0.15) is 259 Å². The highest BCUT2D eigenvalue weighted by atomic mass is 16.5. The summed E-state index contributed by atoms with van der Waals surface area (Å²) in [5.74, 6) is 0.980. The molecular weight excluding hydrogens is 785 g/mol. The molecule has 1 N–H and O–H groups in total. The molecule has 0 aromatic rings. The number of aliphatic hydroxyl groups excluding tert-OH is 1. The topological polar surface area (TPSA) is 88.5 Å². The smallest absolute Gasteiger partial charge is 0.305 e. The first kappa shape index (κ1) is 59.8. The van der Waals surface area contributed by atoms with Crippen LogP contribution in [0.3, 0.4) is 0 Å². The first-order valence-electron chi connectivity index (χ1n) is 27.9. The molecule has 8 nitrogen and oxygen atoms in total. The van der Waals surface area contributed by atoms with Crippen molar-refractivity contribution in [1.29, 1.82) is 0 Å². The number of hydrogen-bond acceptors (Lipinski definition) is 8. The number of carbonyl (C=O) groups is 2. The molecule has 1 saturated heterocycles. The molecule has 1 heterocycles. The van der Waals surface area contributed by atoms with Gasteiger partial charge in [-0.2, -0.15) is 0 Å². The van der Waals surface area contributed by atoms with Crippen LogP contribution in [0.5, 0.6) is 0 Å². The summed E-state index contributed by atoms with van der Waals surface area (Å²) in [6.45, 7) is 16.5. The zero-order valence-electron chi connectivity index (χ0n) is 42.6. The van der Waals surface area contributed by atoms with Crippen LogP contribution >= 0.6 is 0 Å². The second kappa shape index (κ2) is 45.9. The fourth-order valence-electron chi connectivity index (χ4n) is 9.24. The molecule has 0 aliphatic carbocycles. The van der Waals surface area contributed by atoms with Crippen molar-refractivity contribution in [1.82, 2.24) is 9.80 Å². The van der Waals surface area contributed by atoms with E-state index in [0.29, 0.717) is 50.5 Å². The normalized spacial score (nSPS) is 13.2. The van der Waals surface area contributed by atoms with Crippen LogP contribution in [-0.4, -0.2) is 98.6 Å². The Bertz CT molecular complexity index is 947. The predicted molar refractivity (Wildman–Crippen MR) is 268 cm³/mol. The second-order valence-electron chi connectivity index (χ2n) is 19.7. The van der Waals surface area contributed by atoms with E-state index in [1.165, 1.54) is 180 Å². The van der Waals surface area contributed by atoms with Crippen LogP contribution < -0.4 is 0 Å². The van der Waals surface area contributed by atoms with E-state index in [-0.39, 0.29) is 18.5 Å². The zero-order valence-corrected chi connectivity index (χ0v) is 42.6. The number of hydrogen-bond donors (Lipinski definition) is 1. The molecule has 0 radical (unpaired) electrons. The van der Waals surface area contributed by atoms with Crippen molar-refractivity contribution in [3.05, 3.63) is 0 Å². The van der Waals surface area contributed by atoms with Crippen molar-refractivity contribution in [3.8, 4) is 0 Å². The van der Waals surface area contributed by atoms with Gasteiger partial charge in [0.05, 0.1) is 39.1 Å². The Morgan fingerprint density at radius 1 is 0.460 bits per heavy atom. The van der Waals surface area contributed by atoms with E-state index in [1.807, 2.05) is 0 Å². The lowest BCUT2D eigenvalue weighted by atomic mass is 9.94. The third-order valence-corrected chi connectivity index (χ3v) is 13.8. The number of esters is 2. The quantitative estimate of drug-likeness (QED) is 0.0477. The van der Waals surface area contributed by atoms with E-state index in [2.05, 4.69) is 37.5 Å². The van der Waals surface area contributed by atoms with E-state index in [0.717, 1.165) is 77.9 Å². The minimum atomic E-state index is -0.0281. The Hall–Kier alpha value is -1.22. The van der Waals surface area contributed by atoms with Crippen molar-refractivity contribution in [2.45, 2.75) is 265 Å². The maximum Gasteiger partial charge on any atom is 0.305 e. The van der Waals surface area contributed by atoms with Crippen molar-refractivity contribution >= 4 is 11.9 Å². The SMILES string of the molecule is CCCCCCCCC(CCCCCCCC)COC(=O)CCCCCN(CCO)CCN(CCCCCC(=O)OCC(CCCCCCCC)CCCCCCCC)C1COC1. The highest BCUT2D eigenvalue weighted by molar-refractivity contribution is 5.69. The van der Waals surface area contributed by atoms with Gasteiger partial charge < -0.3 is 19.3 Å². The van der Waals surface area contributed by atoms with E-state index in [1.54, 1.807) is 0 Å². The summed E-state index contributed by atoms with van der Waals surface area (Å²) in [6.07, 6.45) is 43.2. The first-order valence-corrected chi connectivity index (χ1v) is 27.9. The molecule has 0 amide bonds. The maximum atomic E-state index is 12.8. The number of rotatable bonds is 50. The highest BCUT2D eigenvalue weighted by Crippen LogP contribution is 2.22. The van der Waals surface area contributed by atoms with Gasteiger partial charge in [0, 0.05) is 32.5 Å². The predicted octanol–water partition coefficient (Wildman–Crippen LogP) is 14.4. The van der Waals surface area contributed by atoms with E-state index >= 15 is 0 Å². The summed E-state index contributed by atoms with van der Waals surface area (Å²) in [4.78, 5) is 30.5. The largest absolute Gasteiger partial charge is 0.465 e. The number of carbonyl (C=O) groups excluding carboxylic acids is 2. The van der Waals surface area contributed by atoms with Gasteiger partial charge in [0.25, 0.3) is 0 Å². The molecule has 374 valence electrons. The van der Waals surface area contributed by atoms with Crippen molar-refractivity contribution < 1.29 is 28.9 Å². The van der Waals surface area contributed by atoms with Crippen molar-refractivity contribution in [2.75, 3.05) is 65.8 Å². The molecule has 8 heteroatoms. The van der Waals surface area contributed by atoms with Gasteiger partial charge >= 0.3 is 11.9 Å². The highest BCUT2D eigenvalue weighted by Gasteiger charge is 2.26. The summed E-state index contributed by atoms with van der Waals surface area (Å²) in [5.41, 5.74) is 0. The van der Waals surface area contributed by atoms with Gasteiger partial charge in [0.15, 0.2) is 0 Å². The first-order chi connectivity index (χ1) is 31.0. The standard InChI is InChI=1S/C55H108N2O6/c1-5-9-13-17-21-27-35-51(36-28-22-18-14-10-6-2)47-62-54(59)39-31-25-33-41-56(45-46-58)43-44-57(53-49-61-50-53)42-34-26-32-40-55(60)63-48-52(37-29-23-19-15-11-7-3)38-30-24-20-16-12-8-4/h51-53,58H,5-50H2,1-4H3. The van der Waals surface area contributed by atoms with E-state index in [9.17, 15) is 14.7 Å². The average Bonchev–Trinajstić information content (AvgIpc) is 3.26. The third kappa shape index (κ3) is 37.6. The lowest BCUT2D eigenvalue weighted by Crippen LogP contribution is -2.51. The summed E-state index contributed by atoms with van der Waals surface area (Å²) in [5, 5.41) is 9.84. The molecule has 1 rings (SSSR count). The minimum Gasteiger partial charge on any atom is -0.465 e. The van der Waals surface area contributed by atoms with Gasteiger partial charge in [-0.1, -0.05) is 195 Å². The van der Waals surface area contributed by atoms with Crippen molar-refractivity contribution in [2.24, 2.45) is 11.8 Å². The molecule has 1 aliphatic rings. The minimum absolute atomic E-state index is 0.0158. The fraction of sp³-hybridized carbons (Fsp3) is 0.964. The number of nitrogens with zero attached hydrogens (tertiary/aromatic N) is 2. The van der Waals surface area contributed by atoms with E-state index in [4.69, 9.17) is 14.2 Å². The van der Waals surface area contributed by atoms with Gasteiger partial charge in [0.1, 0.15) is 0 Å². The van der Waals surface area contributed by atoms with Crippen molar-refractivity contribution in [3.63, 3.8) is 0 Å². The van der Waals surface area contributed by atoms with Gasteiger partial charge in [0.2, 0.25) is 0 Å². The van der Waals surface area contributed by atoms with Gasteiger partial charge in [-0.3, -0.25) is 19.4 Å². The third-order valence-electron chi connectivity index (χ3n) is 13.8. The molecule has 0 bridgehead atoms. The molecule has 0 aromatic heterocycles. The Kier molecular flexibility index (Phi) is 43.6. The molecule has 0 saturated carbocycles. The Morgan fingerprint density at radius 2 is 0.825 bits per heavy atom. The second-order valence-corrected chi connectivity index (χ2v) is 19.7. The molecule has 0 aromatic carbocycles. The summed E-state index contributed by atoms with van der Waals surface area (Å²) >= 11 is 0. The van der Waals surface area contributed by atoms with Gasteiger partial charge in [-0.15, -0.1) is 0 Å². The van der Waals surface area contributed by atoms with Crippen LogP contribution in [0.25, 0.3) is 0 Å². The molecule has 1 fully saturated rings. The number of aliphatic hydroxyl groups is 1. The van der Waals surface area contributed by atoms with E-state index < -0.39 is 0 Å². The molecule has 0 spiro atoms. The number of ether oxygens (including phenoxy) is 3. The maximum absolute atomic E-state index is 12.8. The fourth-order valence-corrected chi connectivity index (χ4v) is 9.24. The Morgan fingerprint density at radius 3 is 1.19 bits per heavy atom. The average molecular weight is 893 g/mol.